The molecule has 0 bridgehead atoms. The average Bonchev–Trinajstić information content (AvgIpc) is 2.56. The fourth-order valence-corrected chi connectivity index (χ4v) is 2.31. The van der Waals surface area contributed by atoms with Crippen molar-refractivity contribution in [2.75, 3.05) is 6.61 Å². The molecular weight excluding hydrogens is 260 g/mol. The fourth-order valence-electron chi connectivity index (χ4n) is 2.31. The van der Waals surface area contributed by atoms with Crippen LogP contribution in [0.3, 0.4) is 0 Å². The highest BCUT2D eigenvalue weighted by atomic mass is 16.5. The summed E-state index contributed by atoms with van der Waals surface area (Å²) in [5.74, 6) is 0.624. The summed E-state index contributed by atoms with van der Waals surface area (Å²) in [7, 11) is 0. The summed E-state index contributed by atoms with van der Waals surface area (Å²) in [6.07, 6.45) is 2.13. The average molecular weight is 278 g/mol. The maximum absolute atomic E-state index is 5.78. The summed E-state index contributed by atoms with van der Waals surface area (Å²) in [5.41, 5.74) is 1.97. The van der Waals surface area contributed by atoms with E-state index in [4.69, 9.17) is 4.74 Å². The lowest BCUT2D eigenvalue weighted by Crippen LogP contribution is -2.01. The molecule has 0 atom stereocenters. The van der Waals surface area contributed by atoms with Gasteiger partial charge in [0.1, 0.15) is 5.69 Å². The zero-order chi connectivity index (χ0) is 14.5. The Balaban J connectivity index is 2.07. The molecule has 0 amide bonds. The molecule has 0 radical (unpaired) electrons. The normalized spacial score (nSPS) is 10.7. The molecule has 21 heavy (non-hydrogen) atoms. The van der Waals surface area contributed by atoms with Gasteiger partial charge in [-0.25, -0.2) is 0 Å². The van der Waals surface area contributed by atoms with Gasteiger partial charge in [0, 0.05) is 16.3 Å². The Morgan fingerprint density at radius 3 is 2.33 bits per heavy atom. The first kappa shape index (κ1) is 13.6. The number of hydrogen-bond acceptors (Lipinski definition) is 3. The van der Waals surface area contributed by atoms with Gasteiger partial charge < -0.3 is 4.74 Å². The number of aromatic nitrogens is 2. The van der Waals surface area contributed by atoms with Crippen molar-refractivity contribution in [2.24, 2.45) is 0 Å². The van der Waals surface area contributed by atoms with Gasteiger partial charge >= 0.3 is 0 Å². The van der Waals surface area contributed by atoms with Crippen molar-refractivity contribution in [3.63, 3.8) is 0 Å². The lowest BCUT2D eigenvalue weighted by atomic mass is 10.1. The highest BCUT2D eigenvalue weighted by Gasteiger charge is 2.11. The molecule has 0 fully saturated rings. The van der Waals surface area contributed by atoms with E-state index < -0.39 is 0 Å². The van der Waals surface area contributed by atoms with Crippen LogP contribution >= 0.6 is 0 Å². The third kappa shape index (κ3) is 2.87. The SMILES string of the molecule is CCCCOc1nnc(-c2ccccc2)c2ccccc12. The third-order valence-corrected chi connectivity index (χ3v) is 3.44. The van der Waals surface area contributed by atoms with Gasteiger partial charge in [0.15, 0.2) is 0 Å². The number of rotatable bonds is 5. The molecule has 0 saturated heterocycles. The quantitative estimate of drug-likeness (QED) is 0.646. The number of hydrogen-bond donors (Lipinski definition) is 0. The van der Waals surface area contributed by atoms with Gasteiger partial charge in [-0.15, -0.1) is 10.2 Å². The molecule has 2 aromatic carbocycles. The van der Waals surface area contributed by atoms with Crippen molar-refractivity contribution < 1.29 is 4.74 Å². The zero-order valence-corrected chi connectivity index (χ0v) is 12.1. The minimum Gasteiger partial charge on any atom is -0.476 e. The number of ether oxygens (including phenoxy) is 1. The van der Waals surface area contributed by atoms with Crippen molar-refractivity contribution in [3.8, 4) is 17.1 Å². The topological polar surface area (TPSA) is 35.0 Å². The number of nitrogens with zero attached hydrogens (tertiary/aromatic N) is 2. The van der Waals surface area contributed by atoms with E-state index in [2.05, 4.69) is 23.2 Å². The minimum atomic E-state index is 0.624. The van der Waals surface area contributed by atoms with E-state index >= 15 is 0 Å². The molecule has 1 heterocycles. The molecule has 3 heteroatoms. The van der Waals surface area contributed by atoms with Crippen LogP contribution in [0.15, 0.2) is 54.6 Å². The van der Waals surface area contributed by atoms with E-state index in [-0.39, 0.29) is 0 Å². The van der Waals surface area contributed by atoms with Gasteiger partial charge in [-0.05, 0) is 12.5 Å². The summed E-state index contributed by atoms with van der Waals surface area (Å²) < 4.78 is 5.78. The van der Waals surface area contributed by atoms with Crippen LogP contribution in [0.1, 0.15) is 19.8 Å². The Kier molecular flexibility index (Phi) is 4.10. The lowest BCUT2D eigenvalue weighted by Gasteiger charge is -2.10. The van der Waals surface area contributed by atoms with E-state index in [1.54, 1.807) is 0 Å². The molecule has 0 aliphatic rings. The Hall–Kier alpha value is -2.42. The third-order valence-electron chi connectivity index (χ3n) is 3.44. The van der Waals surface area contributed by atoms with E-state index in [9.17, 15) is 0 Å². The molecule has 0 unspecified atom stereocenters. The van der Waals surface area contributed by atoms with Gasteiger partial charge in [-0.1, -0.05) is 61.9 Å². The molecule has 0 aliphatic heterocycles. The first-order chi connectivity index (χ1) is 10.4. The van der Waals surface area contributed by atoms with Gasteiger partial charge in [0.05, 0.1) is 6.61 Å². The summed E-state index contributed by atoms with van der Waals surface area (Å²) in [6, 6.07) is 18.3. The zero-order valence-electron chi connectivity index (χ0n) is 12.1. The number of benzene rings is 2. The van der Waals surface area contributed by atoms with Crippen LogP contribution in [0.25, 0.3) is 22.0 Å². The first-order valence-corrected chi connectivity index (χ1v) is 7.34. The first-order valence-electron chi connectivity index (χ1n) is 7.34. The van der Waals surface area contributed by atoms with Gasteiger partial charge in [-0.3, -0.25) is 0 Å². The smallest absolute Gasteiger partial charge is 0.241 e. The molecule has 106 valence electrons. The monoisotopic (exact) mass is 278 g/mol. The van der Waals surface area contributed by atoms with Gasteiger partial charge in [-0.2, -0.15) is 0 Å². The standard InChI is InChI=1S/C18H18N2O/c1-2-3-13-21-18-16-12-8-7-11-15(16)17(19-20-18)14-9-5-4-6-10-14/h4-12H,2-3,13H2,1H3. The van der Waals surface area contributed by atoms with Crippen LogP contribution in [0.4, 0.5) is 0 Å². The molecular formula is C18H18N2O. The van der Waals surface area contributed by atoms with Gasteiger partial charge in [0.2, 0.25) is 5.88 Å². The second-order valence-corrected chi connectivity index (χ2v) is 4.97. The van der Waals surface area contributed by atoms with Crippen molar-refractivity contribution >= 4 is 10.8 Å². The highest BCUT2D eigenvalue weighted by Crippen LogP contribution is 2.30. The summed E-state index contributed by atoms with van der Waals surface area (Å²) in [4.78, 5) is 0. The molecule has 0 saturated carbocycles. The van der Waals surface area contributed by atoms with Gasteiger partial charge in [0.25, 0.3) is 0 Å². The fraction of sp³-hybridized carbons (Fsp3) is 0.222. The van der Waals surface area contributed by atoms with E-state index in [1.165, 1.54) is 0 Å². The van der Waals surface area contributed by atoms with Crippen LogP contribution < -0.4 is 4.74 Å². The van der Waals surface area contributed by atoms with Crippen molar-refractivity contribution in [1.82, 2.24) is 10.2 Å². The maximum Gasteiger partial charge on any atom is 0.241 e. The van der Waals surface area contributed by atoms with Crippen LogP contribution in [0, 0.1) is 0 Å². The summed E-state index contributed by atoms with van der Waals surface area (Å²) in [6.45, 7) is 2.82. The second kappa shape index (κ2) is 6.35. The van der Waals surface area contributed by atoms with Crippen LogP contribution in [-0.2, 0) is 0 Å². The molecule has 3 nitrogen and oxygen atoms in total. The summed E-state index contributed by atoms with van der Waals surface area (Å²) in [5, 5.41) is 10.8. The minimum absolute atomic E-state index is 0.624. The largest absolute Gasteiger partial charge is 0.476 e. The molecule has 0 spiro atoms. The predicted octanol–water partition coefficient (Wildman–Crippen LogP) is 4.48. The second-order valence-electron chi connectivity index (χ2n) is 4.97. The molecule has 0 aliphatic carbocycles. The van der Waals surface area contributed by atoms with Crippen molar-refractivity contribution in [3.05, 3.63) is 54.6 Å². The van der Waals surface area contributed by atoms with Crippen LogP contribution in [0.5, 0.6) is 5.88 Å². The predicted molar refractivity (Wildman–Crippen MR) is 85.4 cm³/mol. The van der Waals surface area contributed by atoms with Crippen LogP contribution in [0.2, 0.25) is 0 Å². The number of fused-ring (bicyclic) bond motifs is 1. The molecule has 1 aromatic heterocycles. The molecule has 3 rings (SSSR count). The van der Waals surface area contributed by atoms with Crippen LogP contribution in [-0.4, -0.2) is 16.8 Å². The maximum atomic E-state index is 5.78. The Labute approximate surface area is 124 Å². The molecule has 3 aromatic rings. The van der Waals surface area contributed by atoms with E-state index in [0.717, 1.165) is 34.9 Å². The van der Waals surface area contributed by atoms with Crippen molar-refractivity contribution in [1.29, 1.82) is 0 Å². The Morgan fingerprint density at radius 2 is 1.57 bits per heavy atom. The number of unbranched alkanes of at least 4 members (excludes halogenated alkanes) is 1. The lowest BCUT2D eigenvalue weighted by molar-refractivity contribution is 0.298. The molecule has 0 N–H and O–H groups in total. The Morgan fingerprint density at radius 1 is 0.857 bits per heavy atom. The highest BCUT2D eigenvalue weighted by molar-refractivity contribution is 5.96. The van der Waals surface area contributed by atoms with Crippen molar-refractivity contribution in [2.45, 2.75) is 19.8 Å². The Bertz CT molecular complexity index is 726. The summed E-state index contributed by atoms with van der Waals surface area (Å²) >= 11 is 0. The van der Waals surface area contributed by atoms with E-state index in [0.29, 0.717) is 12.5 Å². The van der Waals surface area contributed by atoms with E-state index in [1.807, 2.05) is 48.5 Å².